The standard InChI is InChI=1S/C36H48F9NO5S2/c1-32-15-13-27-26-10-8-25(51-31(48)46(16-4-2-3-5-17-47)24-14-20-52-53-22-24)21-23(26)7-9-28(27)29(32)11-12-30(32)49-18-6-19-50-33(34(37,38)39,35(40,41)42)36(43,44)45/h8,10,21,24,27-30,47H,2-7,9,11-20,22H2,1H3/t24?,27-,28-,29+,30+,32+/m1/s1. The Kier molecular flexibility index (Phi) is 13.9. The number of aryl methyl sites for hydroxylation is 1. The van der Waals surface area contributed by atoms with Crippen molar-refractivity contribution in [3.63, 3.8) is 0 Å². The highest BCUT2D eigenvalue weighted by Crippen LogP contribution is 2.62. The molecule has 3 aliphatic carbocycles. The summed E-state index contributed by atoms with van der Waals surface area (Å²) in [6.07, 6.45) is -12.5. The molecule has 53 heavy (non-hydrogen) atoms. The van der Waals surface area contributed by atoms with Gasteiger partial charge in [0.2, 0.25) is 0 Å². The third-order valence-corrected chi connectivity index (χ3v) is 14.3. The van der Waals surface area contributed by atoms with Gasteiger partial charge < -0.3 is 24.2 Å². The number of nitrogens with zero attached hydrogens (tertiary/aromatic N) is 1. The van der Waals surface area contributed by atoms with E-state index < -0.39 is 37.2 Å². The van der Waals surface area contributed by atoms with Crippen LogP contribution in [0.1, 0.15) is 94.6 Å². The van der Waals surface area contributed by atoms with Crippen LogP contribution in [0.3, 0.4) is 0 Å². The Bertz CT molecular complexity index is 1340. The zero-order valence-electron chi connectivity index (χ0n) is 29.6. The van der Waals surface area contributed by atoms with Crippen molar-refractivity contribution < 1.29 is 63.6 Å². The quantitative estimate of drug-likeness (QED) is 0.114. The molecule has 1 saturated heterocycles. The Balaban J connectivity index is 1.17. The average molecular weight is 810 g/mol. The molecule has 5 rings (SSSR count). The molecule has 1 N–H and O–H groups in total. The Hall–Kier alpha value is -1.56. The van der Waals surface area contributed by atoms with E-state index in [1.54, 1.807) is 10.8 Å². The number of alkyl halides is 9. The van der Waals surface area contributed by atoms with Crippen LogP contribution in [0.5, 0.6) is 5.75 Å². The number of hydrogen-bond donors (Lipinski definition) is 1. The zero-order chi connectivity index (χ0) is 38.7. The van der Waals surface area contributed by atoms with Crippen molar-refractivity contribution in [1.82, 2.24) is 4.90 Å². The topological polar surface area (TPSA) is 68.2 Å². The van der Waals surface area contributed by atoms with Gasteiger partial charge in [-0.25, -0.2) is 4.79 Å². The molecule has 1 unspecified atom stereocenters. The van der Waals surface area contributed by atoms with Crippen LogP contribution < -0.4 is 4.74 Å². The van der Waals surface area contributed by atoms with Crippen molar-refractivity contribution in [1.29, 1.82) is 0 Å². The molecule has 0 bridgehead atoms. The summed E-state index contributed by atoms with van der Waals surface area (Å²) < 4.78 is 134. The van der Waals surface area contributed by atoms with Gasteiger partial charge in [0.1, 0.15) is 5.75 Å². The van der Waals surface area contributed by atoms with E-state index in [-0.39, 0.29) is 48.7 Å². The highest BCUT2D eigenvalue weighted by atomic mass is 33.1. The predicted molar refractivity (Wildman–Crippen MR) is 184 cm³/mol. The van der Waals surface area contributed by atoms with Gasteiger partial charge in [-0.3, -0.25) is 0 Å². The first-order valence-corrected chi connectivity index (χ1v) is 20.9. The molecule has 6 atom stereocenters. The Labute approximate surface area is 312 Å². The third-order valence-electron chi connectivity index (χ3n) is 11.8. The van der Waals surface area contributed by atoms with Crippen molar-refractivity contribution in [2.45, 2.75) is 126 Å². The number of carbonyl (C=O) groups is 1. The number of ether oxygens (including phenoxy) is 3. The summed E-state index contributed by atoms with van der Waals surface area (Å²) in [6.45, 7) is 1.07. The van der Waals surface area contributed by atoms with E-state index in [1.807, 2.05) is 27.8 Å². The minimum absolute atomic E-state index is 0.103. The van der Waals surface area contributed by atoms with Crippen LogP contribution in [-0.4, -0.2) is 90.2 Å². The number of aliphatic hydroxyl groups is 1. The van der Waals surface area contributed by atoms with Crippen molar-refractivity contribution in [3.8, 4) is 5.75 Å². The van der Waals surface area contributed by atoms with Crippen LogP contribution in [0.15, 0.2) is 18.2 Å². The Morgan fingerprint density at radius 1 is 0.887 bits per heavy atom. The van der Waals surface area contributed by atoms with Crippen molar-refractivity contribution in [2.24, 2.45) is 17.3 Å². The molecule has 1 aliphatic heterocycles. The summed E-state index contributed by atoms with van der Waals surface area (Å²) in [4.78, 5) is 15.3. The van der Waals surface area contributed by atoms with Gasteiger partial charge in [0.25, 0.3) is 0 Å². The van der Waals surface area contributed by atoms with Crippen molar-refractivity contribution in [3.05, 3.63) is 29.3 Å². The molecule has 0 aromatic heterocycles. The summed E-state index contributed by atoms with van der Waals surface area (Å²) >= 11 is 0. The lowest BCUT2D eigenvalue weighted by Gasteiger charge is -2.50. The van der Waals surface area contributed by atoms with E-state index in [9.17, 15) is 44.3 Å². The Morgan fingerprint density at radius 3 is 2.26 bits per heavy atom. The molecule has 3 fully saturated rings. The molecule has 6 nitrogen and oxygen atoms in total. The molecule has 1 aromatic carbocycles. The first kappa shape index (κ1) is 42.6. The Morgan fingerprint density at radius 2 is 1.60 bits per heavy atom. The van der Waals surface area contributed by atoms with Crippen LogP contribution in [-0.2, 0) is 15.9 Å². The molecule has 1 heterocycles. The molecule has 302 valence electrons. The molecule has 4 aliphatic rings. The summed E-state index contributed by atoms with van der Waals surface area (Å²) in [5.74, 6) is 3.15. The molecule has 1 aromatic rings. The fraction of sp³-hybridized carbons (Fsp3) is 0.806. The number of fused-ring (bicyclic) bond motifs is 5. The highest BCUT2D eigenvalue weighted by molar-refractivity contribution is 8.76. The van der Waals surface area contributed by atoms with Crippen molar-refractivity contribution in [2.75, 3.05) is 37.9 Å². The van der Waals surface area contributed by atoms with E-state index >= 15 is 0 Å². The maximum absolute atomic E-state index is 13.5. The minimum atomic E-state index is -6.75. The number of carbonyl (C=O) groups excluding carboxylic acids is 1. The second kappa shape index (κ2) is 17.3. The van der Waals surface area contributed by atoms with Gasteiger partial charge in [0, 0.05) is 37.3 Å². The lowest BCUT2D eigenvalue weighted by molar-refractivity contribution is -0.457. The normalized spacial score (nSPS) is 27.9. The zero-order valence-corrected chi connectivity index (χ0v) is 31.2. The summed E-state index contributed by atoms with van der Waals surface area (Å²) in [5.41, 5.74) is -4.22. The molecule has 17 heteroatoms. The van der Waals surface area contributed by atoms with Gasteiger partial charge in [-0.2, -0.15) is 39.5 Å². The predicted octanol–water partition coefficient (Wildman–Crippen LogP) is 10.3. The highest BCUT2D eigenvalue weighted by Gasteiger charge is 2.85. The molecule has 2 saturated carbocycles. The molecular weight excluding hydrogens is 762 g/mol. The average Bonchev–Trinajstić information content (AvgIpc) is 3.42. The number of unbranched alkanes of at least 4 members (excludes halogenated alkanes) is 3. The van der Waals surface area contributed by atoms with Gasteiger partial charge >= 0.3 is 30.2 Å². The summed E-state index contributed by atoms with van der Waals surface area (Å²) in [5, 5.41) is 9.08. The van der Waals surface area contributed by atoms with Crippen LogP contribution >= 0.6 is 21.6 Å². The van der Waals surface area contributed by atoms with Gasteiger partial charge in [0.05, 0.1) is 12.7 Å². The number of halogens is 9. The fourth-order valence-corrected chi connectivity index (χ4v) is 11.6. The third kappa shape index (κ3) is 9.04. The second-order valence-electron chi connectivity index (χ2n) is 14.9. The van der Waals surface area contributed by atoms with E-state index in [0.29, 0.717) is 24.6 Å². The first-order valence-electron chi connectivity index (χ1n) is 18.4. The second-order valence-corrected chi connectivity index (χ2v) is 17.5. The van der Waals surface area contributed by atoms with Crippen LogP contribution in [0.4, 0.5) is 44.3 Å². The maximum Gasteiger partial charge on any atom is 0.435 e. The van der Waals surface area contributed by atoms with Gasteiger partial charge in [-0.15, -0.1) is 0 Å². The molecule has 1 amide bonds. The maximum atomic E-state index is 13.5. The number of benzene rings is 1. The van der Waals surface area contributed by atoms with Crippen LogP contribution in [0.25, 0.3) is 0 Å². The first-order chi connectivity index (χ1) is 24.9. The lowest BCUT2D eigenvalue weighted by Crippen LogP contribution is -2.67. The smallest absolute Gasteiger partial charge is 0.410 e. The number of rotatable bonds is 14. The van der Waals surface area contributed by atoms with E-state index in [1.165, 1.54) is 5.56 Å². The van der Waals surface area contributed by atoms with Gasteiger partial charge in [-0.1, -0.05) is 47.4 Å². The molecule has 0 spiro atoms. The fourth-order valence-electron chi connectivity index (χ4n) is 9.11. The molecule has 0 radical (unpaired) electrons. The van der Waals surface area contributed by atoms with E-state index in [0.717, 1.165) is 81.3 Å². The summed E-state index contributed by atoms with van der Waals surface area (Å²) in [6, 6.07) is 5.98. The van der Waals surface area contributed by atoms with E-state index in [2.05, 4.69) is 17.7 Å². The van der Waals surface area contributed by atoms with Gasteiger partial charge in [-0.05, 0) is 111 Å². The summed E-state index contributed by atoms with van der Waals surface area (Å²) in [7, 11) is 3.57. The monoisotopic (exact) mass is 809 g/mol. The number of amides is 1. The minimum Gasteiger partial charge on any atom is -0.410 e. The van der Waals surface area contributed by atoms with Crippen LogP contribution in [0, 0.1) is 17.3 Å². The number of aliphatic hydroxyl groups excluding tert-OH is 1. The van der Waals surface area contributed by atoms with Crippen LogP contribution in [0.2, 0.25) is 0 Å². The SMILES string of the molecule is C[C@]12CC[C@@H]3c4ccc(OC(=O)N(CCCCCCO)C5CCSSC5)cc4CC[C@H]3[C@@H]1CC[C@@H]2OCCCOC(C(F)(F)F)(C(F)(F)F)C(F)(F)F. The van der Waals surface area contributed by atoms with Gasteiger partial charge in [0.15, 0.2) is 0 Å². The molecular formula is C36H48F9NO5S2. The largest absolute Gasteiger partial charge is 0.435 e. The number of hydrogen-bond acceptors (Lipinski definition) is 7. The van der Waals surface area contributed by atoms with Crippen molar-refractivity contribution >= 4 is 27.7 Å². The lowest BCUT2D eigenvalue weighted by atomic mass is 9.55. The van der Waals surface area contributed by atoms with E-state index in [4.69, 9.17) is 14.6 Å².